The third kappa shape index (κ3) is 2.98. The average Bonchev–Trinajstić information content (AvgIpc) is 3.18. The summed E-state index contributed by atoms with van der Waals surface area (Å²) in [7, 11) is 1.50. The highest BCUT2D eigenvalue weighted by Crippen LogP contribution is 2.34. The summed E-state index contributed by atoms with van der Waals surface area (Å²) >= 11 is 0. The van der Waals surface area contributed by atoms with E-state index in [0.29, 0.717) is 22.6 Å². The number of benzene rings is 2. The molecule has 1 aromatic heterocycles. The predicted octanol–water partition coefficient (Wildman–Crippen LogP) is 4.09. The molecule has 3 aromatic rings. The van der Waals surface area contributed by atoms with E-state index in [9.17, 15) is 14.9 Å². The monoisotopic (exact) mass is 381 g/mol. The highest BCUT2D eigenvalue weighted by molar-refractivity contribution is 5.86. The maximum Gasteiger partial charge on any atom is 0.339 e. The van der Waals surface area contributed by atoms with Gasteiger partial charge in [0.2, 0.25) is 0 Å². The Bertz CT molecular complexity index is 1150. The summed E-state index contributed by atoms with van der Waals surface area (Å²) in [6, 6.07) is 8.13. The molecule has 0 amide bonds. The van der Waals surface area contributed by atoms with Gasteiger partial charge in [0.1, 0.15) is 23.7 Å². The van der Waals surface area contributed by atoms with Crippen LogP contribution in [0, 0.1) is 17.0 Å². The minimum absolute atomic E-state index is 0.0313. The maximum atomic E-state index is 12.3. The summed E-state index contributed by atoms with van der Waals surface area (Å²) < 4.78 is 16.7. The second-order valence-corrected chi connectivity index (χ2v) is 6.81. The summed E-state index contributed by atoms with van der Waals surface area (Å²) in [6.07, 6.45) is 2.60. The Balaban J connectivity index is 1.69. The highest BCUT2D eigenvalue weighted by atomic mass is 16.6. The molecule has 28 heavy (non-hydrogen) atoms. The van der Waals surface area contributed by atoms with Crippen molar-refractivity contribution in [2.75, 3.05) is 7.11 Å². The molecule has 0 saturated heterocycles. The number of methoxy groups -OCH3 is 1. The number of nitro benzene ring substituents is 1. The van der Waals surface area contributed by atoms with Crippen LogP contribution in [0.25, 0.3) is 11.0 Å². The first-order valence-corrected chi connectivity index (χ1v) is 9.02. The number of nitro groups is 1. The number of aryl methyl sites for hydroxylation is 2. The fraction of sp³-hybridized carbons (Fsp3) is 0.286. The van der Waals surface area contributed by atoms with Gasteiger partial charge in [0.25, 0.3) is 5.69 Å². The van der Waals surface area contributed by atoms with Gasteiger partial charge >= 0.3 is 5.63 Å². The topological polar surface area (TPSA) is 91.8 Å². The van der Waals surface area contributed by atoms with Crippen LogP contribution >= 0.6 is 0 Å². The number of hydrogen-bond acceptors (Lipinski definition) is 6. The molecule has 0 atom stereocenters. The normalized spacial score (nSPS) is 12.8. The second kappa shape index (κ2) is 6.99. The average molecular weight is 381 g/mol. The fourth-order valence-electron chi connectivity index (χ4n) is 3.77. The Morgan fingerprint density at radius 2 is 1.89 bits per heavy atom. The lowest BCUT2D eigenvalue weighted by Gasteiger charge is -2.14. The van der Waals surface area contributed by atoms with Gasteiger partial charge in [0.15, 0.2) is 0 Å². The molecule has 7 heteroatoms. The SMILES string of the molecule is COc1ccc([N+](=O)[O-])cc1COc1ccc2c3c(c(=O)oc2c1C)CCC3. The van der Waals surface area contributed by atoms with Crippen molar-refractivity contribution in [3.05, 3.63) is 73.1 Å². The molecule has 0 unspecified atom stereocenters. The van der Waals surface area contributed by atoms with Crippen molar-refractivity contribution in [3.8, 4) is 11.5 Å². The third-order valence-electron chi connectivity index (χ3n) is 5.20. The lowest BCUT2D eigenvalue weighted by Crippen LogP contribution is -2.08. The first kappa shape index (κ1) is 18.0. The molecule has 0 fully saturated rings. The molecule has 0 radical (unpaired) electrons. The van der Waals surface area contributed by atoms with Crippen molar-refractivity contribution < 1.29 is 18.8 Å². The van der Waals surface area contributed by atoms with Crippen molar-refractivity contribution in [2.24, 2.45) is 0 Å². The summed E-state index contributed by atoms with van der Waals surface area (Å²) in [6.45, 7) is 1.93. The Kier molecular flexibility index (Phi) is 4.50. The summed E-state index contributed by atoms with van der Waals surface area (Å²) in [5.41, 5.74) is 3.37. The van der Waals surface area contributed by atoms with Gasteiger partial charge in [0, 0.05) is 34.2 Å². The molecule has 1 heterocycles. The van der Waals surface area contributed by atoms with Gasteiger partial charge in [-0.15, -0.1) is 0 Å². The zero-order chi connectivity index (χ0) is 19.8. The second-order valence-electron chi connectivity index (χ2n) is 6.81. The molecule has 7 nitrogen and oxygen atoms in total. The maximum absolute atomic E-state index is 12.3. The van der Waals surface area contributed by atoms with E-state index in [1.54, 1.807) is 6.07 Å². The number of hydrogen-bond donors (Lipinski definition) is 0. The molecular weight excluding hydrogens is 362 g/mol. The quantitative estimate of drug-likeness (QED) is 0.376. The molecule has 0 N–H and O–H groups in total. The van der Waals surface area contributed by atoms with Gasteiger partial charge in [-0.1, -0.05) is 0 Å². The molecule has 4 rings (SSSR count). The summed E-state index contributed by atoms with van der Waals surface area (Å²) in [5, 5.41) is 12.0. The summed E-state index contributed by atoms with van der Waals surface area (Å²) in [4.78, 5) is 22.8. The van der Waals surface area contributed by atoms with Crippen LogP contribution in [0.3, 0.4) is 0 Å². The molecule has 0 spiro atoms. The Morgan fingerprint density at radius 1 is 1.14 bits per heavy atom. The van der Waals surface area contributed by atoms with E-state index < -0.39 is 4.92 Å². The first-order valence-electron chi connectivity index (χ1n) is 9.02. The first-order chi connectivity index (χ1) is 13.5. The molecule has 1 aliphatic carbocycles. The number of rotatable bonds is 5. The van der Waals surface area contributed by atoms with Crippen LogP contribution in [0.1, 0.15) is 28.7 Å². The molecule has 144 valence electrons. The number of ether oxygens (including phenoxy) is 2. The van der Waals surface area contributed by atoms with Gasteiger partial charge in [-0.3, -0.25) is 10.1 Å². The number of nitrogens with zero attached hydrogens (tertiary/aromatic N) is 1. The van der Waals surface area contributed by atoms with Crippen molar-refractivity contribution in [1.82, 2.24) is 0 Å². The van der Waals surface area contributed by atoms with Gasteiger partial charge in [-0.25, -0.2) is 4.79 Å². The fourth-order valence-corrected chi connectivity index (χ4v) is 3.77. The van der Waals surface area contributed by atoms with E-state index in [2.05, 4.69) is 0 Å². The minimum atomic E-state index is -0.459. The van der Waals surface area contributed by atoms with Crippen LogP contribution in [0.4, 0.5) is 5.69 Å². The molecule has 0 bridgehead atoms. The van der Waals surface area contributed by atoms with E-state index in [4.69, 9.17) is 13.9 Å². The standard InChI is InChI=1S/C21H19NO6/c1-12-18(27-11-13-10-14(22(24)25)6-8-19(13)26-2)9-7-16-15-4-3-5-17(15)21(23)28-20(12)16/h6-10H,3-5,11H2,1-2H3. The van der Waals surface area contributed by atoms with Crippen LogP contribution in [0.2, 0.25) is 0 Å². The van der Waals surface area contributed by atoms with E-state index in [1.807, 2.05) is 19.1 Å². The van der Waals surface area contributed by atoms with Gasteiger partial charge in [-0.05, 0) is 49.9 Å². The zero-order valence-corrected chi connectivity index (χ0v) is 15.6. The number of non-ortho nitro benzene ring substituents is 1. The van der Waals surface area contributed by atoms with E-state index in [-0.39, 0.29) is 17.9 Å². The molecule has 2 aromatic carbocycles. The highest BCUT2D eigenvalue weighted by Gasteiger charge is 2.21. The van der Waals surface area contributed by atoms with Crippen molar-refractivity contribution in [2.45, 2.75) is 32.8 Å². The van der Waals surface area contributed by atoms with E-state index in [0.717, 1.165) is 41.3 Å². The minimum Gasteiger partial charge on any atom is -0.496 e. The lowest BCUT2D eigenvalue weighted by molar-refractivity contribution is -0.385. The van der Waals surface area contributed by atoms with Gasteiger partial charge < -0.3 is 13.9 Å². The van der Waals surface area contributed by atoms with Crippen LogP contribution in [-0.2, 0) is 19.4 Å². The van der Waals surface area contributed by atoms with Crippen LogP contribution < -0.4 is 15.1 Å². The van der Waals surface area contributed by atoms with Gasteiger partial charge in [0.05, 0.1) is 12.0 Å². The largest absolute Gasteiger partial charge is 0.496 e. The van der Waals surface area contributed by atoms with Crippen LogP contribution in [0.5, 0.6) is 11.5 Å². The zero-order valence-electron chi connectivity index (χ0n) is 15.6. The van der Waals surface area contributed by atoms with Crippen LogP contribution in [0.15, 0.2) is 39.5 Å². The van der Waals surface area contributed by atoms with Crippen molar-refractivity contribution >= 4 is 16.7 Å². The van der Waals surface area contributed by atoms with Gasteiger partial charge in [-0.2, -0.15) is 0 Å². The Hall–Kier alpha value is -3.35. The Labute approximate surface area is 160 Å². The molecular formula is C21H19NO6. The molecule has 0 aliphatic heterocycles. The van der Waals surface area contributed by atoms with E-state index >= 15 is 0 Å². The Morgan fingerprint density at radius 3 is 2.64 bits per heavy atom. The van der Waals surface area contributed by atoms with E-state index in [1.165, 1.54) is 19.2 Å². The molecule has 0 saturated carbocycles. The lowest BCUT2D eigenvalue weighted by atomic mass is 10.0. The van der Waals surface area contributed by atoms with Crippen LogP contribution in [-0.4, -0.2) is 12.0 Å². The third-order valence-corrected chi connectivity index (χ3v) is 5.20. The summed E-state index contributed by atoms with van der Waals surface area (Å²) in [5.74, 6) is 1.07. The molecule has 1 aliphatic rings. The number of fused-ring (bicyclic) bond motifs is 3. The predicted molar refractivity (Wildman–Crippen MR) is 103 cm³/mol. The van der Waals surface area contributed by atoms with Crippen molar-refractivity contribution in [1.29, 1.82) is 0 Å². The smallest absolute Gasteiger partial charge is 0.339 e. The van der Waals surface area contributed by atoms with Crippen molar-refractivity contribution in [3.63, 3.8) is 0 Å².